The molecule has 0 radical (unpaired) electrons. The molecule has 0 saturated carbocycles. The fourth-order valence-electron chi connectivity index (χ4n) is 0.0271. The predicted octanol–water partition coefficient (Wildman–Crippen LogP) is 0.247. The molecule has 0 fully saturated rings. The van der Waals surface area contributed by atoms with Gasteiger partial charge in [0, 0.05) is 0 Å². The molecule has 0 bridgehead atoms. The van der Waals surface area contributed by atoms with Gasteiger partial charge in [-0.3, -0.25) is 0 Å². The number of halogens is 1. The van der Waals surface area contributed by atoms with Crippen molar-refractivity contribution in [2.75, 3.05) is 0 Å². The fourth-order valence-corrected chi connectivity index (χ4v) is 2.00. The third-order valence-electron chi connectivity index (χ3n) is 0.0925. The SMILES string of the molecule is O=P(O)(O)[O][Au][Cl]. The van der Waals surface area contributed by atoms with Crippen molar-refractivity contribution in [3.8, 4) is 0 Å². The van der Waals surface area contributed by atoms with Gasteiger partial charge in [0.2, 0.25) is 0 Å². The van der Waals surface area contributed by atoms with Crippen molar-refractivity contribution < 1.29 is 36.5 Å². The van der Waals surface area contributed by atoms with E-state index in [1.807, 2.05) is 0 Å². The van der Waals surface area contributed by atoms with Crippen molar-refractivity contribution in [1.82, 2.24) is 0 Å². The summed E-state index contributed by atoms with van der Waals surface area (Å²) in [5.41, 5.74) is 0. The van der Waals surface area contributed by atoms with Crippen LogP contribution in [0, 0.1) is 0 Å². The van der Waals surface area contributed by atoms with Crippen LogP contribution in [0.3, 0.4) is 0 Å². The van der Waals surface area contributed by atoms with Crippen LogP contribution in [0.1, 0.15) is 0 Å². The molecule has 0 aliphatic carbocycles. The van der Waals surface area contributed by atoms with Gasteiger partial charge in [-0.25, -0.2) is 0 Å². The van der Waals surface area contributed by atoms with Gasteiger partial charge in [-0.15, -0.1) is 0 Å². The van der Waals surface area contributed by atoms with Gasteiger partial charge in [-0.1, -0.05) is 0 Å². The van der Waals surface area contributed by atoms with Crippen molar-refractivity contribution in [2.24, 2.45) is 0 Å². The topological polar surface area (TPSA) is 66.8 Å². The van der Waals surface area contributed by atoms with Gasteiger partial charge < -0.3 is 0 Å². The Hall–Kier alpha value is 1.14. The molecule has 4 nitrogen and oxygen atoms in total. The summed E-state index contributed by atoms with van der Waals surface area (Å²) in [5.74, 6) is 0. The summed E-state index contributed by atoms with van der Waals surface area (Å²) in [4.78, 5) is 15.7. The predicted molar refractivity (Wildman–Crippen MR) is 19.0 cm³/mol. The van der Waals surface area contributed by atoms with Crippen LogP contribution in [0.15, 0.2) is 0 Å². The fraction of sp³-hybridized carbons (Fsp3) is 0. The molecular weight excluding hydrogens is 327 g/mol. The van der Waals surface area contributed by atoms with Crippen LogP contribution < -0.4 is 0 Å². The van der Waals surface area contributed by atoms with Crippen molar-refractivity contribution in [3.05, 3.63) is 0 Å². The summed E-state index contributed by atoms with van der Waals surface area (Å²) in [7, 11) is 0.615. The maximum atomic E-state index is 9.64. The number of hydrogen-bond donors (Lipinski definition) is 2. The van der Waals surface area contributed by atoms with Crippen LogP contribution in [-0.4, -0.2) is 9.79 Å². The van der Waals surface area contributed by atoms with E-state index in [4.69, 9.17) is 19.0 Å². The first-order valence-corrected chi connectivity index (χ1v) is 6.10. The van der Waals surface area contributed by atoms with E-state index in [1.54, 1.807) is 0 Å². The maximum absolute atomic E-state index is 9.64. The summed E-state index contributed by atoms with van der Waals surface area (Å²) < 4.78 is 13.4. The van der Waals surface area contributed by atoms with Crippen molar-refractivity contribution in [2.45, 2.75) is 0 Å². The van der Waals surface area contributed by atoms with E-state index in [2.05, 4.69) is 3.03 Å². The quantitative estimate of drug-likeness (QED) is 0.563. The van der Waals surface area contributed by atoms with Crippen molar-refractivity contribution in [1.29, 1.82) is 0 Å². The van der Waals surface area contributed by atoms with Gasteiger partial charge in [0.25, 0.3) is 0 Å². The Morgan fingerprint density at radius 2 is 2.14 bits per heavy atom. The van der Waals surface area contributed by atoms with E-state index in [9.17, 15) is 4.57 Å². The van der Waals surface area contributed by atoms with E-state index in [0.717, 1.165) is 0 Å². The van der Waals surface area contributed by atoms with Gasteiger partial charge in [0.1, 0.15) is 0 Å². The third kappa shape index (κ3) is 7.14. The molecule has 0 rings (SSSR count). The van der Waals surface area contributed by atoms with E-state index >= 15 is 0 Å². The Labute approximate surface area is 53.7 Å². The Morgan fingerprint density at radius 1 is 1.71 bits per heavy atom. The van der Waals surface area contributed by atoms with Crippen LogP contribution >= 0.6 is 17.0 Å². The molecule has 0 aromatic carbocycles. The van der Waals surface area contributed by atoms with E-state index in [1.165, 1.54) is 0 Å². The third-order valence-corrected chi connectivity index (χ3v) is 3.29. The van der Waals surface area contributed by atoms with E-state index in [-0.39, 0.29) is 0 Å². The summed E-state index contributed by atoms with van der Waals surface area (Å²) in [5, 5.41) is 0. The second-order valence-electron chi connectivity index (χ2n) is 0.592. The molecule has 7 heteroatoms. The van der Waals surface area contributed by atoms with E-state index < -0.39 is 26.9 Å². The van der Waals surface area contributed by atoms with Crippen LogP contribution in [-0.2, 0) is 26.7 Å². The minimum atomic E-state index is -4.25. The zero-order chi connectivity index (χ0) is 5.91. The first kappa shape index (κ1) is 8.14. The van der Waals surface area contributed by atoms with Gasteiger partial charge in [-0.05, 0) is 0 Å². The number of phosphoric acid groups is 1. The first-order valence-electron chi connectivity index (χ1n) is 1.00. The van der Waals surface area contributed by atoms with Crippen LogP contribution in [0.5, 0.6) is 0 Å². The molecule has 0 spiro atoms. The summed E-state index contributed by atoms with van der Waals surface area (Å²) in [6, 6.07) is 0. The molecule has 2 N–H and O–H groups in total. The van der Waals surface area contributed by atoms with Gasteiger partial charge in [0.05, 0.1) is 0 Å². The molecule has 0 unspecified atom stereocenters. The molecule has 7 heavy (non-hydrogen) atoms. The first-order chi connectivity index (χ1) is 3.06. The van der Waals surface area contributed by atoms with Crippen molar-refractivity contribution >= 4 is 17.0 Å². The average molecular weight is 329 g/mol. The number of hydrogen-bond acceptors (Lipinski definition) is 2. The second kappa shape index (κ2) is 3.22. The normalized spacial score (nSPS) is 12.4. The molecule has 0 aromatic rings. The molecule has 0 atom stereocenters. The second-order valence-corrected chi connectivity index (χ2v) is 3.97. The average Bonchev–Trinajstić information content (AvgIpc) is 1.30. The van der Waals surface area contributed by atoms with Crippen LogP contribution in [0.25, 0.3) is 0 Å². The monoisotopic (exact) mass is 329 g/mol. The number of rotatable bonds is 2. The molecule has 0 heterocycles. The molecule has 0 amide bonds. The van der Waals surface area contributed by atoms with Crippen molar-refractivity contribution in [3.63, 3.8) is 0 Å². The minimum absolute atomic E-state index is 1.18. The van der Waals surface area contributed by atoms with Crippen LogP contribution in [0.4, 0.5) is 0 Å². The summed E-state index contributed by atoms with van der Waals surface area (Å²) in [6.45, 7) is 0. The molecule has 0 saturated heterocycles. The van der Waals surface area contributed by atoms with Gasteiger partial charge >= 0.3 is 53.5 Å². The van der Waals surface area contributed by atoms with Gasteiger partial charge in [0.15, 0.2) is 0 Å². The van der Waals surface area contributed by atoms with E-state index in [0.29, 0.717) is 0 Å². The Bertz CT molecular complexity index is 85.7. The standard InChI is InChI=1S/Au.ClH.H3O4P/c;;1-5(2,3)4/h;1H;(H3,1,2,3,4)/q+2;;/p-2. The molecule has 0 aliphatic rings. The Morgan fingerprint density at radius 3 is 2.14 bits per heavy atom. The molecule has 0 aliphatic heterocycles. The zero-order valence-electron chi connectivity index (χ0n) is 2.84. The molecule has 0 aromatic heterocycles. The van der Waals surface area contributed by atoms with Crippen LogP contribution in [0.2, 0.25) is 0 Å². The Balaban J connectivity index is 3.36. The zero-order valence-corrected chi connectivity index (χ0v) is 6.65. The summed E-state index contributed by atoms with van der Waals surface area (Å²) in [6.07, 6.45) is 0. The molecular formula is H2AuClO4P. The van der Waals surface area contributed by atoms with Gasteiger partial charge in [-0.2, -0.15) is 0 Å². The summed E-state index contributed by atoms with van der Waals surface area (Å²) >= 11 is -1.18. The molecule has 49 valence electrons. The Kier molecular flexibility index (Phi) is 3.75.